The molecule has 40 heavy (non-hydrogen) atoms. The molecule has 2 N–H and O–H groups in total. The molecule has 2 aromatic heterocycles. The number of anilines is 2. The summed E-state index contributed by atoms with van der Waals surface area (Å²) in [7, 11) is 0. The summed E-state index contributed by atoms with van der Waals surface area (Å²) in [4.78, 5) is 20.8. The van der Waals surface area contributed by atoms with Crippen molar-refractivity contribution in [3.05, 3.63) is 64.9 Å². The lowest BCUT2D eigenvalue weighted by molar-refractivity contribution is 0.0358. The largest absolute Gasteiger partial charge is 0.494 e. The van der Waals surface area contributed by atoms with Gasteiger partial charge in [-0.3, -0.25) is 10.2 Å². The molecule has 8 nitrogen and oxygen atoms in total. The Morgan fingerprint density at radius 1 is 1.02 bits per heavy atom. The summed E-state index contributed by atoms with van der Waals surface area (Å²) >= 11 is 3.01. The molecule has 0 saturated carbocycles. The van der Waals surface area contributed by atoms with Crippen LogP contribution in [-0.2, 0) is 10.2 Å². The van der Waals surface area contributed by atoms with E-state index in [2.05, 4.69) is 58.2 Å². The van der Waals surface area contributed by atoms with Gasteiger partial charge in [-0.1, -0.05) is 32.9 Å². The topological polar surface area (TPSA) is 88.6 Å². The van der Waals surface area contributed by atoms with E-state index in [0.29, 0.717) is 18.1 Å². The molecule has 0 radical (unpaired) electrons. The van der Waals surface area contributed by atoms with Gasteiger partial charge in [-0.15, -0.1) is 11.3 Å². The van der Waals surface area contributed by atoms with Crippen LogP contribution in [0.1, 0.15) is 32.1 Å². The highest BCUT2D eigenvalue weighted by molar-refractivity contribution is 7.13. The number of carbonyl (C=O) groups is 1. The fourth-order valence-electron chi connectivity index (χ4n) is 4.23. The number of rotatable bonds is 9. The van der Waals surface area contributed by atoms with E-state index in [-0.39, 0.29) is 11.4 Å². The van der Waals surface area contributed by atoms with Crippen LogP contribution in [0.5, 0.6) is 5.75 Å². The Hall–Kier alpha value is -3.31. The maximum absolute atomic E-state index is 12.4. The molecule has 1 aliphatic rings. The molecule has 5 rings (SSSR count). The molecule has 1 fully saturated rings. The number of aromatic nitrogens is 2. The molecule has 0 aliphatic carbocycles. The van der Waals surface area contributed by atoms with E-state index >= 15 is 0 Å². The van der Waals surface area contributed by atoms with E-state index < -0.39 is 0 Å². The molecular weight excluding hydrogens is 542 g/mol. The summed E-state index contributed by atoms with van der Waals surface area (Å²) < 4.78 is 15.7. The first-order valence-electron chi connectivity index (χ1n) is 13.5. The van der Waals surface area contributed by atoms with Crippen molar-refractivity contribution in [2.45, 2.75) is 32.6 Å². The SMILES string of the molecule is CC(C)(C)c1cc(NC(=O)Nc2ccc(-c3csc(-c4ccc(OCCCN5CCOCC5)cc4)n3)cc2)ns1. The summed E-state index contributed by atoms with van der Waals surface area (Å²) in [5, 5.41) is 8.67. The minimum absolute atomic E-state index is 0.000533. The minimum atomic E-state index is -0.320. The van der Waals surface area contributed by atoms with Crippen molar-refractivity contribution in [3.63, 3.8) is 0 Å². The normalized spacial score (nSPS) is 14.2. The van der Waals surface area contributed by atoms with Gasteiger partial charge in [-0.2, -0.15) is 4.37 Å². The number of hydrogen-bond acceptors (Lipinski definition) is 8. The number of benzene rings is 2. The Labute approximate surface area is 243 Å². The van der Waals surface area contributed by atoms with Gasteiger partial charge >= 0.3 is 6.03 Å². The molecule has 0 unspecified atom stereocenters. The standard InChI is InChI=1S/C30H35N5O3S2/c1-30(2,3)26-19-27(34-40-26)33-29(36)31-23-9-5-21(6-10-23)25-20-39-28(32-25)22-7-11-24(12-8-22)38-16-4-13-35-14-17-37-18-15-35/h5-12,19-20H,4,13-18H2,1-3H3,(H2,31,33,34,36). The van der Waals surface area contributed by atoms with Crippen molar-refractivity contribution in [2.24, 2.45) is 0 Å². The van der Waals surface area contributed by atoms with E-state index in [0.717, 1.165) is 71.7 Å². The predicted octanol–water partition coefficient (Wildman–Crippen LogP) is 6.98. The van der Waals surface area contributed by atoms with Crippen LogP contribution in [0.3, 0.4) is 0 Å². The van der Waals surface area contributed by atoms with Gasteiger partial charge in [0.25, 0.3) is 0 Å². The molecule has 210 valence electrons. The van der Waals surface area contributed by atoms with Crippen LogP contribution in [0.25, 0.3) is 21.8 Å². The summed E-state index contributed by atoms with van der Waals surface area (Å²) in [5.41, 5.74) is 3.65. The molecular formula is C30H35N5O3S2. The van der Waals surface area contributed by atoms with Crippen molar-refractivity contribution in [1.29, 1.82) is 0 Å². The van der Waals surface area contributed by atoms with Crippen molar-refractivity contribution in [3.8, 4) is 27.6 Å². The Balaban J connectivity index is 1.11. The number of amides is 2. The first kappa shape index (κ1) is 28.2. The summed E-state index contributed by atoms with van der Waals surface area (Å²) in [6.45, 7) is 11.8. The molecule has 1 aliphatic heterocycles. The molecule has 3 heterocycles. The van der Waals surface area contributed by atoms with Gasteiger partial charge in [0, 0.05) is 46.7 Å². The monoisotopic (exact) mass is 577 g/mol. The van der Waals surface area contributed by atoms with Crippen LogP contribution in [0.15, 0.2) is 60.0 Å². The van der Waals surface area contributed by atoms with Gasteiger partial charge in [0.1, 0.15) is 16.6 Å². The summed E-state index contributed by atoms with van der Waals surface area (Å²) in [5.74, 6) is 1.43. The van der Waals surface area contributed by atoms with E-state index in [1.165, 1.54) is 11.5 Å². The number of hydrogen-bond donors (Lipinski definition) is 2. The van der Waals surface area contributed by atoms with Crippen molar-refractivity contribution < 1.29 is 14.3 Å². The van der Waals surface area contributed by atoms with Crippen LogP contribution in [-0.4, -0.2) is 59.7 Å². The zero-order valence-electron chi connectivity index (χ0n) is 23.1. The fraction of sp³-hybridized carbons (Fsp3) is 0.367. The van der Waals surface area contributed by atoms with Gasteiger partial charge in [-0.05, 0) is 65.8 Å². The van der Waals surface area contributed by atoms with Gasteiger partial charge in [0.05, 0.1) is 25.5 Å². The summed E-state index contributed by atoms with van der Waals surface area (Å²) in [6, 6.07) is 17.4. The number of ether oxygens (including phenoxy) is 2. The quantitative estimate of drug-likeness (QED) is 0.209. The van der Waals surface area contributed by atoms with E-state index in [1.807, 2.05) is 42.5 Å². The summed E-state index contributed by atoms with van der Waals surface area (Å²) in [6.07, 6.45) is 1.00. The third-order valence-corrected chi connectivity index (χ3v) is 8.63. The van der Waals surface area contributed by atoms with E-state index in [4.69, 9.17) is 14.5 Å². The highest BCUT2D eigenvalue weighted by Gasteiger charge is 2.18. The van der Waals surface area contributed by atoms with Crippen LogP contribution >= 0.6 is 22.9 Å². The highest BCUT2D eigenvalue weighted by Crippen LogP contribution is 2.31. The maximum atomic E-state index is 12.4. The van der Waals surface area contributed by atoms with Crippen molar-refractivity contribution >= 4 is 40.4 Å². The minimum Gasteiger partial charge on any atom is -0.494 e. The second-order valence-electron chi connectivity index (χ2n) is 10.7. The van der Waals surface area contributed by atoms with Gasteiger partial charge < -0.3 is 14.8 Å². The Morgan fingerprint density at radius 2 is 1.75 bits per heavy atom. The second kappa shape index (κ2) is 12.9. The van der Waals surface area contributed by atoms with Gasteiger partial charge in [0.2, 0.25) is 0 Å². The zero-order valence-corrected chi connectivity index (χ0v) is 24.7. The van der Waals surface area contributed by atoms with Gasteiger partial charge in [0.15, 0.2) is 0 Å². The molecule has 1 saturated heterocycles. The fourth-order valence-corrected chi connectivity index (χ4v) is 5.79. The Morgan fingerprint density at radius 3 is 2.45 bits per heavy atom. The van der Waals surface area contributed by atoms with Crippen LogP contribution in [0.2, 0.25) is 0 Å². The Kier molecular flexibility index (Phi) is 9.11. The second-order valence-corrected chi connectivity index (χ2v) is 12.4. The number of nitrogens with one attached hydrogen (secondary N) is 2. The molecule has 0 bridgehead atoms. The molecule has 0 spiro atoms. The Bertz CT molecular complexity index is 1390. The number of urea groups is 1. The molecule has 2 aromatic carbocycles. The van der Waals surface area contributed by atoms with E-state index in [9.17, 15) is 4.79 Å². The number of thiazole rings is 1. The molecule has 0 atom stereocenters. The average Bonchev–Trinajstić information content (AvgIpc) is 3.63. The van der Waals surface area contributed by atoms with E-state index in [1.54, 1.807) is 11.3 Å². The zero-order chi connectivity index (χ0) is 28.0. The average molecular weight is 578 g/mol. The number of morpholine rings is 1. The third kappa shape index (κ3) is 7.66. The van der Waals surface area contributed by atoms with Gasteiger partial charge in [-0.25, -0.2) is 9.78 Å². The first-order chi connectivity index (χ1) is 19.3. The lowest BCUT2D eigenvalue weighted by atomic mass is 9.95. The molecule has 2 amide bonds. The van der Waals surface area contributed by atoms with Crippen LogP contribution in [0, 0.1) is 0 Å². The lowest BCUT2D eigenvalue weighted by Crippen LogP contribution is -2.37. The third-order valence-electron chi connectivity index (χ3n) is 6.53. The van der Waals surface area contributed by atoms with Crippen molar-refractivity contribution in [2.75, 3.05) is 50.1 Å². The molecule has 10 heteroatoms. The van der Waals surface area contributed by atoms with Crippen LogP contribution in [0.4, 0.5) is 16.3 Å². The molecule has 4 aromatic rings. The smallest absolute Gasteiger partial charge is 0.324 e. The van der Waals surface area contributed by atoms with Crippen LogP contribution < -0.4 is 15.4 Å². The maximum Gasteiger partial charge on any atom is 0.324 e. The lowest BCUT2D eigenvalue weighted by Gasteiger charge is -2.26. The van der Waals surface area contributed by atoms with Crippen molar-refractivity contribution in [1.82, 2.24) is 14.3 Å². The number of nitrogens with zero attached hydrogens (tertiary/aromatic N) is 3. The highest BCUT2D eigenvalue weighted by atomic mass is 32.1. The predicted molar refractivity (Wildman–Crippen MR) is 164 cm³/mol. The first-order valence-corrected chi connectivity index (χ1v) is 15.1. The number of carbonyl (C=O) groups excluding carboxylic acids is 1.